The van der Waals surface area contributed by atoms with Gasteiger partial charge < -0.3 is 13.4 Å². The predicted octanol–water partition coefficient (Wildman–Crippen LogP) is 14.4. The second-order valence-electron chi connectivity index (χ2n) is 16.0. The van der Waals surface area contributed by atoms with Crippen molar-refractivity contribution in [3.8, 4) is 34.4 Å². The molecule has 7 heteroatoms. The molecule has 62 heavy (non-hydrogen) atoms. The van der Waals surface area contributed by atoms with Crippen molar-refractivity contribution in [3.63, 3.8) is 0 Å². The number of nitrogens with zero attached hydrogens (tertiary/aromatic N) is 5. The van der Waals surface area contributed by atoms with Gasteiger partial charge in [0.1, 0.15) is 16.7 Å². The van der Waals surface area contributed by atoms with E-state index in [0.29, 0.717) is 17.6 Å². The van der Waals surface area contributed by atoms with Crippen molar-refractivity contribution < 1.29 is 8.83 Å². The van der Waals surface area contributed by atoms with Gasteiger partial charge in [-0.05, 0) is 71.4 Å². The fraction of sp³-hybridized carbons (Fsp3) is 0. The summed E-state index contributed by atoms with van der Waals surface area (Å²) in [4.78, 5) is 16.2. The van der Waals surface area contributed by atoms with Crippen LogP contribution >= 0.6 is 0 Å². The lowest BCUT2D eigenvalue weighted by atomic mass is 10.0. The molecule has 14 rings (SSSR count). The molecule has 0 radical (unpaired) electrons. The summed E-state index contributed by atoms with van der Waals surface area (Å²) in [7, 11) is 0. The SMILES string of the molecule is c1ccc2cc3c(cc2c1)c1ccccc1n3-c1cc(-c2nc(-c3cccc4oc5ccccc5c34)nc(-n3c4ccccc4c4ccccc43)n2)cc2c1oc1ccccc12. The van der Waals surface area contributed by atoms with Crippen molar-refractivity contribution in [2.24, 2.45) is 0 Å². The van der Waals surface area contributed by atoms with Gasteiger partial charge in [0.15, 0.2) is 17.2 Å². The molecule has 0 aliphatic rings. The molecule has 288 valence electrons. The molecule has 0 aliphatic heterocycles. The average molecular weight is 794 g/mol. The Morgan fingerprint density at radius 3 is 1.66 bits per heavy atom. The lowest BCUT2D eigenvalue weighted by Crippen LogP contribution is -2.07. The van der Waals surface area contributed by atoms with Crippen LogP contribution in [0.3, 0.4) is 0 Å². The first kappa shape index (κ1) is 33.3. The Morgan fingerprint density at radius 2 is 0.919 bits per heavy atom. The summed E-state index contributed by atoms with van der Waals surface area (Å²) in [5.41, 5.74) is 9.98. The molecule has 5 heterocycles. The number of benzene rings is 9. The van der Waals surface area contributed by atoms with E-state index in [1.807, 2.05) is 42.5 Å². The zero-order chi connectivity index (χ0) is 40.5. The molecule has 0 saturated carbocycles. The van der Waals surface area contributed by atoms with Crippen LogP contribution in [-0.2, 0) is 0 Å². The third-order valence-electron chi connectivity index (χ3n) is 12.5. The molecule has 9 aromatic carbocycles. The quantitative estimate of drug-likeness (QED) is 0.177. The van der Waals surface area contributed by atoms with Crippen molar-refractivity contribution in [1.82, 2.24) is 24.1 Å². The lowest BCUT2D eigenvalue weighted by molar-refractivity contribution is 0.666. The molecule has 5 aromatic heterocycles. The van der Waals surface area contributed by atoms with E-state index >= 15 is 0 Å². The highest BCUT2D eigenvalue weighted by Crippen LogP contribution is 2.43. The molecule has 0 saturated heterocycles. The van der Waals surface area contributed by atoms with E-state index in [9.17, 15) is 0 Å². The van der Waals surface area contributed by atoms with Crippen molar-refractivity contribution in [2.75, 3.05) is 0 Å². The Balaban J connectivity index is 1.12. The predicted molar refractivity (Wildman–Crippen MR) is 251 cm³/mol. The van der Waals surface area contributed by atoms with E-state index in [1.165, 1.54) is 21.5 Å². The highest BCUT2D eigenvalue weighted by molar-refractivity contribution is 6.17. The molecule has 0 atom stereocenters. The van der Waals surface area contributed by atoms with Crippen LogP contribution in [0.25, 0.3) is 133 Å². The molecule has 14 aromatic rings. The maximum Gasteiger partial charge on any atom is 0.238 e. The van der Waals surface area contributed by atoms with Gasteiger partial charge in [0.25, 0.3) is 0 Å². The van der Waals surface area contributed by atoms with Crippen LogP contribution in [0, 0.1) is 0 Å². The zero-order valence-electron chi connectivity index (χ0n) is 33.0. The van der Waals surface area contributed by atoms with Crippen LogP contribution in [0.15, 0.2) is 197 Å². The van der Waals surface area contributed by atoms with Crippen LogP contribution in [0.4, 0.5) is 0 Å². The van der Waals surface area contributed by atoms with Gasteiger partial charge in [-0.2, -0.15) is 9.97 Å². The highest BCUT2D eigenvalue weighted by atomic mass is 16.3. The summed E-state index contributed by atoms with van der Waals surface area (Å²) in [6.07, 6.45) is 0. The molecule has 0 amide bonds. The van der Waals surface area contributed by atoms with E-state index in [-0.39, 0.29) is 0 Å². The zero-order valence-corrected chi connectivity index (χ0v) is 33.0. The van der Waals surface area contributed by atoms with E-state index in [0.717, 1.165) is 93.5 Å². The molecule has 0 bridgehead atoms. The van der Waals surface area contributed by atoms with Crippen LogP contribution < -0.4 is 0 Å². The summed E-state index contributed by atoms with van der Waals surface area (Å²) in [5, 5.41) is 10.9. The smallest absolute Gasteiger partial charge is 0.238 e. The normalized spacial score (nSPS) is 12.2. The van der Waals surface area contributed by atoms with E-state index in [1.54, 1.807) is 0 Å². The van der Waals surface area contributed by atoms with E-state index < -0.39 is 0 Å². The number of aromatic nitrogens is 5. The van der Waals surface area contributed by atoms with Crippen molar-refractivity contribution in [1.29, 1.82) is 0 Å². The van der Waals surface area contributed by atoms with Gasteiger partial charge in [-0.15, -0.1) is 0 Å². The number of hydrogen-bond donors (Lipinski definition) is 0. The standard InChI is InChI=1S/C55H31N5O2/c1-2-15-33-30-46-41(28-32(33)14-1)37-18-5-8-22-43(37)59(46)47-31-34(29-42-38-19-6-11-25-48(38)62-52(42)47)53-56-54(40-21-13-27-50-51(40)39-20-7-12-26-49(39)61-50)58-55(57-53)60-44-23-9-3-16-35(44)36-17-4-10-24-45(36)60/h1-31H. The maximum atomic E-state index is 6.85. The summed E-state index contributed by atoms with van der Waals surface area (Å²) in [5.74, 6) is 1.61. The first-order valence-corrected chi connectivity index (χ1v) is 20.8. The van der Waals surface area contributed by atoms with Crippen LogP contribution in [0.2, 0.25) is 0 Å². The third-order valence-corrected chi connectivity index (χ3v) is 12.5. The molecule has 0 N–H and O–H groups in total. The monoisotopic (exact) mass is 793 g/mol. The van der Waals surface area contributed by atoms with Gasteiger partial charge in [0.05, 0.1) is 27.8 Å². The van der Waals surface area contributed by atoms with Crippen molar-refractivity contribution in [3.05, 3.63) is 188 Å². The van der Waals surface area contributed by atoms with Gasteiger partial charge in [-0.1, -0.05) is 127 Å². The first-order valence-electron chi connectivity index (χ1n) is 20.8. The largest absolute Gasteiger partial charge is 0.456 e. The van der Waals surface area contributed by atoms with Crippen LogP contribution in [0.5, 0.6) is 0 Å². The minimum absolute atomic E-state index is 0.522. The molecule has 0 spiro atoms. The van der Waals surface area contributed by atoms with Crippen molar-refractivity contribution >= 4 is 98.3 Å². The lowest BCUT2D eigenvalue weighted by Gasteiger charge is -2.14. The molecular formula is C55H31N5O2. The fourth-order valence-corrected chi connectivity index (χ4v) is 9.83. The van der Waals surface area contributed by atoms with Crippen LogP contribution in [0.1, 0.15) is 0 Å². The second kappa shape index (κ2) is 12.5. The molecule has 0 unspecified atom stereocenters. The van der Waals surface area contributed by atoms with Gasteiger partial charge in [-0.25, -0.2) is 4.98 Å². The Bertz CT molecular complexity index is 4130. The topological polar surface area (TPSA) is 74.8 Å². The number of rotatable bonds is 4. The number of furan rings is 2. The van der Waals surface area contributed by atoms with Gasteiger partial charge in [0.2, 0.25) is 5.95 Å². The Morgan fingerprint density at radius 1 is 0.355 bits per heavy atom. The van der Waals surface area contributed by atoms with Crippen LogP contribution in [-0.4, -0.2) is 24.1 Å². The third kappa shape index (κ3) is 4.67. The van der Waals surface area contributed by atoms with E-state index in [2.05, 4.69) is 155 Å². The molecule has 0 fully saturated rings. The molecule has 7 nitrogen and oxygen atoms in total. The summed E-state index contributed by atoms with van der Waals surface area (Å²) < 4.78 is 17.8. The Hall–Kier alpha value is -8.55. The first-order chi connectivity index (χ1) is 30.7. The van der Waals surface area contributed by atoms with Crippen molar-refractivity contribution in [2.45, 2.75) is 0 Å². The average Bonchev–Trinajstić information content (AvgIpc) is 4.08. The highest BCUT2D eigenvalue weighted by Gasteiger charge is 2.24. The number of para-hydroxylation sites is 5. The van der Waals surface area contributed by atoms with E-state index in [4.69, 9.17) is 23.8 Å². The van der Waals surface area contributed by atoms with Gasteiger partial charge in [0, 0.05) is 54.2 Å². The summed E-state index contributed by atoms with van der Waals surface area (Å²) in [6, 6.07) is 65.5. The van der Waals surface area contributed by atoms with Gasteiger partial charge in [-0.3, -0.25) is 4.57 Å². The second-order valence-corrected chi connectivity index (χ2v) is 16.0. The molecular weight excluding hydrogens is 763 g/mol. The number of hydrogen-bond acceptors (Lipinski definition) is 5. The minimum atomic E-state index is 0.522. The fourth-order valence-electron chi connectivity index (χ4n) is 9.83. The summed E-state index contributed by atoms with van der Waals surface area (Å²) in [6.45, 7) is 0. The number of fused-ring (bicyclic) bond motifs is 13. The maximum absolute atomic E-state index is 6.85. The Labute approximate surface area is 352 Å². The van der Waals surface area contributed by atoms with Gasteiger partial charge >= 0.3 is 0 Å². The Kier molecular flexibility index (Phi) is 6.71. The minimum Gasteiger partial charge on any atom is -0.456 e. The summed E-state index contributed by atoms with van der Waals surface area (Å²) >= 11 is 0. The molecule has 0 aliphatic carbocycles.